The monoisotopic (exact) mass is 379 g/mol. The first kappa shape index (κ1) is 19.0. The van der Waals surface area contributed by atoms with Gasteiger partial charge in [-0.2, -0.15) is 0 Å². The van der Waals surface area contributed by atoms with E-state index in [1.807, 2.05) is 23.1 Å². The first-order valence-corrected chi connectivity index (χ1v) is 10.2. The van der Waals surface area contributed by atoms with Crippen LogP contribution in [0.2, 0.25) is 0 Å². The Morgan fingerprint density at radius 2 is 1.50 bits per heavy atom. The van der Waals surface area contributed by atoms with E-state index >= 15 is 0 Å². The molecule has 2 fully saturated rings. The molecule has 2 saturated heterocycles. The van der Waals surface area contributed by atoms with Crippen LogP contribution >= 0.6 is 0 Å². The summed E-state index contributed by atoms with van der Waals surface area (Å²) in [6.07, 6.45) is 0. The van der Waals surface area contributed by atoms with E-state index in [9.17, 15) is 4.79 Å². The summed E-state index contributed by atoms with van der Waals surface area (Å²) in [5.41, 5.74) is 3.70. The van der Waals surface area contributed by atoms with Crippen molar-refractivity contribution >= 4 is 11.6 Å². The van der Waals surface area contributed by atoms with Gasteiger partial charge in [-0.1, -0.05) is 48.5 Å². The molecule has 1 atom stereocenters. The first-order chi connectivity index (χ1) is 13.7. The molecule has 2 aromatic carbocycles. The van der Waals surface area contributed by atoms with E-state index < -0.39 is 0 Å². The van der Waals surface area contributed by atoms with Crippen molar-refractivity contribution in [3.63, 3.8) is 0 Å². The second-order valence-corrected chi connectivity index (χ2v) is 7.56. The van der Waals surface area contributed by atoms with Crippen LogP contribution in [-0.2, 0) is 9.53 Å². The lowest BCUT2D eigenvalue weighted by Crippen LogP contribution is -2.53. The van der Waals surface area contributed by atoms with Gasteiger partial charge in [0.2, 0.25) is 5.91 Å². The largest absolute Gasteiger partial charge is 0.378 e. The number of piperazine rings is 1. The van der Waals surface area contributed by atoms with Crippen LogP contribution in [0.4, 0.5) is 5.69 Å². The number of hydrogen-bond acceptors (Lipinski definition) is 4. The van der Waals surface area contributed by atoms with Gasteiger partial charge in [-0.05, 0) is 24.1 Å². The highest BCUT2D eigenvalue weighted by molar-refractivity contribution is 5.83. The number of anilines is 1. The van der Waals surface area contributed by atoms with Crippen molar-refractivity contribution in [2.24, 2.45) is 0 Å². The number of nitrogens with zero attached hydrogens (tertiary/aromatic N) is 3. The summed E-state index contributed by atoms with van der Waals surface area (Å²) in [5, 5.41) is 0. The predicted molar refractivity (Wildman–Crippen MR) is 112 cm³/mol. The van der Waals surface area contributed by atoms with E-state index in [1.54, 1.807) is 0 Å². The Morgan fingerprint density at radius 3 is 2.18 bits per heavy atom. The molecule has 0 aliphatic carbocycles. The normalized spacial score (nSPS) is 19.5. The highest BCUT2D eigenvalue weighted by Gasteiger charge is 2.34. The van der Waals surface area contributed by atoms with Gasteiger partial charge in [-0.25, -0.2) is 0 Å². The van der Waals surface area contributed by atoms with Gasteiger partial charge in [0, 0.05) is 45.0 Å². The fourth-order valence-corrected chi connectivity index (χ4v) is 4.24. The number of para-hydroxylation sites is 1. The molecule has 28 heavy (non-hydrogen) atoms. The van der Waals surface area contributed by atoms with Crippen LogP contribution in [-0.4, -0.2) is 68.2 Å². The second kappa shape index (κ2) is 8.76. The minimum Gasteiger partial charge on any atom is -0.378 e. The van der Waals surface area contributed by atoms with E-state index in [0.29, 0.717) is 26.3 Å². The molecule has 1 amide bonds. The third-order valence-corrected chi connectivity index (χ3v) is 5.81. The molecule has 0 spiro atoms. The number of rotatable bonds is 4. The van der Waals surface area contributed by atoms with Crippen molar-refractivity contribution in [2.45, 2.75) is 13.0 Å². The van der Waals surface area contributed by atoms with E-state index in [2.05, 4.69) is 53.1 Å². The minimum absolute atomic E-state index is 0.207. The summed E-state index contributed by atoms with van der Waals surface area (Å²) >= 11 is 0. The maximum Gasteiger partial charge on any atom is 0.244 e. The summed E-state index contributed by atoms with van der Waals surface area (Å²) in [5.74, 6) is 0.207. The van der Waals surface area contributed by atoms with Gasteiger partial charge in [0.05, 0.1) is 13.2 Å². The number of morpholine rings is 1. The number of carbonyl (C=O) groups excluding carboxylic acids is 1. The van der Waals surface area contributed by atoms with E-state index in [1.165, 1.54) is 11.3 Å². The zero-order valence-electron chi connectivity index (χ0n) is 16.6. The molecule has 0 bridgehead atoms. The fourth-order valence-electron chi connectivity index (χ4n) is 4.24. The molecule has 5 heteroatoms. The van der Waals surface area contributed by atoms with Gasteiger partial charge >= 0.3 is 0 Å². The standard InChI is InChI=1S/C23H29N3O2/c1-19-7-5-6-10-21(19)24-11-13-25(14-12-24)22(20-8-3-2-4-9-20)23(27)26-15-17-28-18-16-26/h2-10,22H,11-18H2,1H3/t22-/m1/s1. The van der Waals surface area contributed by atoms with E-state index in [0.717, 1.165) is 31.7 Å². The molecule has 0 N–H and O–H groups in total. The fraction of sp³-hybridized carbons (Fsp3) is 0.435. The number of ether oxygens (including phenoxy) is 1. The number of benzene rings is 2. The molecule has 2 aliphatic rings. The van der Waals surface area contributed by atoms with Gasteiger partial charge in [0.1, 0.15) is 6.04 Å². The van der Waals surface area contributed by atoms with Gasteiger partial charge in [-0.15, -0.1) is 0 Å². The Hall–Kier alpha value is -2.37. The number of amides is 1. The van der Waals surface area contributed by atoms with Crippen LogP contribution in [0.5, 0.6) is 0 Å². The summed E-state index contributed by atoms with van der Waals surface area (Å²) in [4.78, 5) is 20.2. The molecule has 4 rings (SSSR count). The summed E-state index contributed by atoms with van der Waals surface area (Å²) < 4.78 is 5.44. The molecule has 5 nitrogen and oxygen atoms in total. The van der Waals surface area contributed by atoms with E-state index in [-0.39, 0.29) is 11.9 Å². The van der Waals surface area contributed by atoms with Crippen molar-refractivity contribution in [3.05, 3.63) is 65.7 Å². The van der Waals surface area contributed by atoms with Crippen LogP contribution in [0, 0.1) is 6.92 Å². The van der Waals surface area contributed by atoms with Crippen molar-refractivity contribution in [1.29, 1.82) is 0 Å². The van der Waals surface area contributed by atoms with Crippen LogP contribution in [0.15, 0.2) is 54.6 Å². The van der Waals surface area contributed by atoms with Crippen molar-refractivity contribution in [1.82, 2.24) is 9.80 Å². The summed E-state index contributed by atoms with van der Waals surface area (Å²) in [6.45, 7) is 8.43. The van der Waals surface area contributed by atoms with Gasteiger partial charge in [0.15, 0.2) is 0 Å². The highest BCUT2D eigenvalue weighted by Crippen LogP contribution is 2.27. The van der Waals surface area contributed by atoms with Crippen molar-refractivity contribution in [2.75, 3.05) is 57.4 Å². The molecule has 0 saturated carbocycles. The average molecular weight is 380 g/mol. The number of aryl methyl sites for hydroxylation is 1. The molecule has 0 unspecified atom stereocenters. The van der Waals surface area contributed by atoms with Gasteiger partial charge in [-0.3, -0.25) is 9.69 Å². The third-order valence-electron chi connectivity index (χ3n) is 5.81. The minimum atomic E-state index is -0.210. The zero-order valence-corrected chi connectivity index (χ0v) is 16.6. The Labute approximate surface area is 167 Å². The van der Waals surface area contributed by atoms with Crippen molar-refractivity contribution < 1.29 is 9.53 Å². The van der Waals surface area contributed by atoms with Crippen molar-refractivity contribution in [3.8, 4) is 0 Å². The average Bonchev–Trinajstić information content (AvgIpc) is 2.76. The number of carbonyl (C=O) groups is 1. The predicted octanol–water partition coefficient (Wildman–Crippen LogP) is 2.72. The first-order valence-electron chi connectivity index (χ1n) is 10.2. The lowest BCUT2D eigenvalue weighted by molar-refractivity contribution is -0.141. The summed E-state index contributed by atoms with van der Waals surface area (Å²) in [7, 11) is 0. The van der Waals surface area contributed by atoms with E-state index in [4.69, 9.17) is 4.74 Å². The van der Waals surface area contributed by atoms with Gasteiger partial charge < -0.3 is 14.5 Å². The smallest absolute Gasteiger partial charge is 0.244 e. The highest BCUT2D eigenvalue weighted by atomic mass is 16.5. The molecule has 2 heterocycles. The second-order valence-electron chi connectivity index (χ2n) is 7.56. The molecule has 2 aromatic rings. The lowest BCUT2D eigenvalue weighted by Gasteiger charge is -2.42. The van der Waals surface area contributed by atoms with Crippen LogP contribution in [0.25, 0.3) is 0 Å². The quantitative estimate of drug-likeness (QED) is 0.818. The Balaban J connectivity index is 1.51. The Bertz CT molecular complexity index is 781. The molecular weight excluding hydrogens is 350 g/mol. The molecule has 148 valence electrons. The lowest BCUT2D eigenvalue weighted by atomic mass is 10.0. The zero-order chi connectivity index (χ0) is 19.3. The van der Waals surface area contributed by atoms with Crippen LogP contribution in [0.1, 0.15) is 17.2 Å². The molecule has 0 aromatic heterocycles. The third kappa shape index (κ3) is 4.05. The maximum absolute atomic E-state index is 13.4. The SMILES string of the molecule is Cc1ccccc1N1CCN([C@@H](C(=O)N2CCOCC2)c2ccccc2)CC1. The maximum atomic E-state index is 13.4. The Kier molecular flexibility index (Phi) is 5.93. The summed E-state index contributed by atoms with van der Waals surface area (Å²) in [6, 6.07) is 18.6. The molecule has 0 radical (unpaired) electrons. The molecule has 2 aliphatic heterocycles. The number of hydrogen-bond donors (Lipinski definition) is 0. The van der Waals surface area contributed by atoms with Crippen LogP contribution in [0.3, 0.4) is 0 Å². The molecular formula is C23H29N3O2. The topological polar surface area (TPSA) is 36.0 Å². The van der Waals surface area contributed by atoms with Gasteiger partial charge in [0.25, 0.3) is 0 Å². The Morgan fingerprint density at radius 1 is 0.857 bits per heavy atom. The van der Waals surface area contributed by atoms with Crippen LogP contribution < -0.4 is 4.90 Å².